The van der Waals surface area contributed by atoms with Crippen LogP contribution in [-0.2, 0) is 0 Å². The first-order chi connectivity index (χ1) is 24.8. The molecule has 50 heavy (non-hydrogen) atoms. The van der Waals surface area contributed by atoms with E-state index in [9.17, 15) is 0 Å². The van der Waals surface area contributed by atoms with Crippen LogP contribution in [0.15, 0.2) is 174 Å². The van der Waals surface area contributed by atoms with Crippen molar-refractivity contribution >= 4 is 43.7 Å². The Morgan fingerprint density at radius 3 is 1.76 bits per heavy atom. The number of aromatic nitrogens is 4. The Balaban J connectivity index is 1.25. The van der Waals surface area contributed by atoms with E-state index in [1.54, 1.807) is 0 Å². The summed E-state index contributed by atoms with van der Waals surface area (Å²) >= 11 is 0. The number of para-hydroxylation sites is 3. The monoisotopic (exact) mass is 640 g/mol. The van der Waals surface area contributed by atoms with Gasteiger partial charge in [-0.25, -0.2) is 15.0 Å². The quantitative estimate of drug-likeness (QED) is 0.188. The van der Waals surface area contributed by atoms with Crippen molar-refractivity contribution in [3.8, 4) is 51.0 Å². The van der Waals surface area contributed by atoms with Crippen LogP contribution in [0.2, 0.25) is 0 Å². The second-order valence-corrected chi connectivity index (χ2v) is 12.5. The normalized spacial score (nSPS) is 11.6. The van der Waals surface area contributed by atoms with Crippen LogP contribution in [0.4, 0.5) is 0 Å². The Morgan fingerprint density at radius 1 is 0.380 bits per heavy atom. The average Bonchev–Trinajstić information content (AvgIpc) is 3.74. The van der Waals surface area contributed by atoms with Crippen molar-refractivity contribution < 1.29 is 4.42 Å². The third-order valence-corrected chi connectivity index (χ3v) is 9.44. The molecule has 0 saturated heterocycles. The van der Waals surface area contributed by atoms with Crippen LogP contribution in [0.5, 0.6) is 0 Å². The molecule has 0 spiro atoms. The summed E-state index contributed by atoms with van der Waals surface area (Å²) in [5.74, 6) is 1.82. The van der Waals surface area contributed by atoms with Crippen molar-refractivity contribution in [1.82, 2.24) is 19.5 Å². The molecule has 7 aromatic carbocycles. The van der Waals surface area contributed by atoms with Gasteiger partial charge >= 0.3 is 0 Å². The van der Waals surface area contributed by atoms with E-state index in [1.165, 1.54) is 5.39 Å². The molecule has 0 amide bonds. The zero-order chi connectivity index (χ0) is 33.0. The fraction of sp³-hybridized carbons (Fsp3) is 0. The SMILES string of the molecule is c1ccc(-c2cc(-c3nc(-c4ccccc4)nc(-c4ccc5c(c4)c4ccccc4n5-c4ccccc4)n3)c3c(c2)oc2ccccc23)cc1. The van der Waals surface area contributed by atoms with Crippen molar-refractivity contribution in [2.24, 2.45) is 0 Å². The number of hydrogen-bond donors (Lipinski definition) is 0. The lowest BCUT2D eigenvalue weighted by atomic mass is 9.98. The van der Waals surface area contributed by atoms with Gasteiger partial charge in [0.15, 0.2) is 17.5 Å². The molecule has 234 valence electrons. The summed E-state index contributed by atoms with van der Waals surface area (Å²) in [7, 11) is 0. The molecule has 0 unspecified atom stereocenters. The summed E-state index contributed by atoms with van der Waals surface area (Å²) in [5.41, 5.74) is 9.88. The van der Waals surface area contributed by atoms with E-state index < -0.39 is 0 Å². The molecule has 0 bridgehead atoms. The van der Waals surface area contributed by atoms with Crippen molar-refractivity contribution in [2.75, 3.05) is 0 Å². The molecule has 0 radical (unpaired) electrons. The highest BCUT2D eigenvalue weighted by molar-refractivity contribution is 6.13. The van der Waals surface area contributed by atoms with E-state index >= 15 is 0 Å². The van der Waals surface area contributed by atoms with Crippen molar-refractivity contribution in [2.45, 2.75) is 0 Å². The van der Waals surface area contributed by atoms with Gasteiger partial charge in [0.1, 0.15) is 11.2 Å². The van der Waals surface area contributed by atoms with Gasteiger partial charge in [-0.1, -0.05) is 115 Å². The van der Waals surface area contributed by atoms with E-state index in [0.717, 1.165) is 71.9 Å². The number of hydrogen-bond acceptors (Lipinski definition) is 4. The van der Waals surface area contributed by atoms with E-state index in [0.29, 0.717) is 17.5 Å². The molecular weight excluding hydrogens is 613 g/mol. The van der Waals surface area contributed by atoms with Gasteiger partial charge in [-0.15, -0.1) is 0 Å². The molecule has 5 nitrogen and oxygen atoms in total. The molecule has 0 aliphatic carbocycles. The summed E-state index contributed by atoms with van der Waals surface area (Å²) in [6, 6.07) is 58.5. The zero-order valence-electron chi connectivity index (χ0n) is 26.9. The maximum atomic E-state index is 6.46. The highest BCUT2D eigenvalue weighted by Gasteiger charge is 2.20. The first kappa shape index (κ1) is 28.2. The van der Waals surface area contributed by atoms with E-state index in [1.807, 2.05) is 60.7 Å². The molecule has 3 heterocycles. The largest absolute Gasteiger partial charge is 0.456 e. The van der Waals surface area contributed by atoms with Crippen LogP contribution in [0, 0.1) is 0 Å². The number of fused-ring (bicyclic) bond motifs is 6. The second-order valence-electron chi connectivity index (χ2n) is 12.5. The van der Waals surface area contributed by atoms with Gasteiger partial charge < -0.3 is 8.98 Å². The van der Waals surface area contributed by atoms with Crippen molar-refractivity contribution in [3.05, 3.63) is 170 Å². The fourth-order valence-corrected chi connectivity index (χ4v) is 7.14. The molecule has 0 fully saturated rings. The summed E-state index contributed by atoms with van der Waals surface area (Å²) in [6.07, 6.45) is 0. The number of rotatable bonds is 5. The Labute approximate surface area is 287 Å². The van der Waals surface area contributed by atoms with Crippen molar-refractivity contribution in [1.29, 1.82) is 0 Å². The third-order valence-electron chi connectivity index (χ3n) is 9.44. The lowest BCUT2D eigenvalue weighted by Gasteiger charge is -2.11. The van der Waals surface area contributed by atoms with Crippen LogP contribution in [0.3, 0.4) is 0 Å². The Morgan fingerprint density at radius 2 is 0.980 bits per heavy atom. The summed E-state index contributed by atoms with van der Waals surface area (Å²) in [4.78, 5) is 15.5. The number of benzene rings is 7. The maximum absolute atomic E-state index is 6.46. The Bertz CT molecular complexity index is 2860. The molecule has 5 heteroatoms. The van der Waals surface area contributed by atoms with Crippen LogP contribution in [0.1, 0.15) is 0 Å². The van der Waals surface area contributed by atoms with Crippen LogP contribution < -0.4 is 0 Å². The minimum atomic E-state index is 0.593. The molecule has 0 aliphatic heterocycles. The predicted octanol–water partition coefficient (Wildman–Crippen LogP) is 11.5. The van der Waals surface area contributed by atoms with Gasteiger partial charge in [0, 0.05) is 43.9 Å². The minimum Gasteiger partial charge on any atom is -0.456 e. The first-order valence-electron chi connectivity index (χ1n) is 16.7. The molecule has 0 aliphatic rings. The number of furan rings is 1. The van der Waals surface area contributed by atoms with E-state index in [4.69, 9.17) is 19.4 Å². The fourth-order valence-electron chi connectivity index (χ4n) is 7.14. The summed E-state index contributed by atoms with van der Waals surface area (Å²) in [6.45, 7) is 0. The highest BCUT2D eigenvalue weighted by Crippen LogP contribution is 2.40. The van der Waals surface area contributed by atoms with Gasteiger partial charge in [-0.05, 0) is 65.7 Å². The smallest absolute Gasteiger partial charge is 0.164 e. The van der Waals surface area contributed by atoms with Crippen molar-refractivity contribution in [3.63, 3.8) is 0 Å². The third kappa shape index (κ3) is 4.60. The molecule has 0 atom stereocenters. The van der Waals surface area contributed by atoms with E-state index in [2.05, 4.69) is 114 Å². The zero-order valence-corrected chi connectivity index (χ0v) is 26.9. The molecule has 3 aromatic heterocycles. The lowest BCUT2D eigenvalue weighted by molar-refractivity contribution is 0.669. The van der Waals surface area contributed by atoms with Crippen LogP contribution in [-0.4, -0.2) is 19.5 Å². The van der Waals surface area contributed by atoms with E-state index in [-0.39, 0.29) is 0 Å². The van der Waals surface area contributed by atoms with Gasteiger partial charge in [-0.3, -0.25) is 0 Å². The van der Waals surface area contributed by atoms with Gasteiger partial charge in [0.25, 0.3) is 0 Å². The van der Waals surface area contributed by atoms with Crippen LogP contribution >= 0.6 is 0 Å². The molecule has 10 rings (SSSR count). The van der Waals surface area contributed by atoms with Gasteiger partial charge in [-0.2, -0.15) is 0 Å². The van der Waals surface area contributed by atoms with Crippen LogP contribution in [0.25, 0.3) is 94.7 Å². The standard InChI is InChI=1S/C45H28N4O/c1-4-14-29(15-5-1)32-27-37(42-35-21-11-13-23-40(35)50-41(42)28-32)45-47-43(30-16-6-2-7-17-30)46-44(48-45)31-24-25-39-36(26-31)34-20-10-12-22-38(34)49(39)33-18-8-3-9-19-33/h1-28H. The topological polar surface area (TPSA) is 56.7 Å². The Hall–Kier alpha value is -6.85. The molecular formula is C45H28N4O. The van der Waals surface area contributed by atoms with Gasteiger partial charge in [0.05, 0.1) is 11.0 Å². The Kier molecular flexibility index (Phi) is 6.42. The predicted molar refractivity (Wildman–Crippen MR) is 203 cm³/mol. The van der Waals surface area contributed by atoms with Gasteiger partial charge in [0.2, 0.25) is 0 Å². The maximum Gasteiger partial charge on any atom is 0.164 e. The first-order valence-corrected chi connectivity index (χ1v) is 16.7. The molecule has 0 N–H and O–H groups in total. The lowest BCUT2D eigenvalue weighted by Crippen LogP contribution is -2.01. The molecule has 10 aromatic rings. The second kappa shape index (κ2) is 11.4. The minimum absolute atomic E-state index is 0.593. The average molecular weight is 641 g/mol. The summed E-state index contributed by atoms with van der Waals surface area (Å²) < 4.78 is 8.78. The summed E-state index contributed by atoms with van der Waals surface area (Å²) in [5, 5.41) is 4.32. The highest BCUT2D eigenvalue weighted by atomic mass is 16.3. The molecule has 0 saturated carbocycles. The number of nitrogens with zero attached hydrogens (tertiary/aromatic N) is 4.